The molecular weight excluding hydrogens is 260 g/mol. The van der Waals surface area contributed by atoms with Crippen molar-refractivity contribution in [2.45, 2.75) is 31.6 Å². The molecule has 3 rings (SSSR count). The molecule has 6 heteroatoms. The van der Waals surface area contributed by atoms with Crippen molar-refractivity contribution in [1.29, 1.82) is 0 Å². The van der Waals surface area contributed by atoms with E-state index in [1.807, 2.05) is 23.2 Å². The van der Waals surface area contributed by atoms with Crippen molar-refractivity contribution in [3.8, 4) is 0 Å². The van der Waals surface area contributed by atoms with Crippen LogP contribution in [-0.4, -0.2) is 18.7 Å². The Balaban J connectivity index is 2.38. The Morgan fingerprint density at radius 2 is 1.74 bits per heavy atom. The standard InChI is InChI=1S/C13H18N4OS/c1-15-9-11(14-10(15)8-6-4-5-7-8)16(2)13(19)17(3)12(9)18/h8H,4-7H2,1-3H3. The Morgan fingerprint density at radius 3 is 2.37 bits per heavy atom. The lowest BCUT2D eigenvalue weighted by molar-refractivity contribution is 0.638. The SMILES string of the molecule is Cn1c(=O)c2c(nc(C3CCCC3)n2C)n(C)c1=S. The van der Waals surface area contributed by atoms with Gasteiger partial charge in [-0.3, -0.25) is 9.36 Å². The summed E-state index contributed by atoms with van der Waals surface area (Å²) in [5.41, 5.74) is 1.30. The molecule has 2 aromatic rings. The lowest BCUT2D eigenvalue weighted by Gasteiger charge is -2.08. The molecule has 0 atom stereocenters. The van der Waals surface area contributed by atoms with Gasteiger partial charge in [0.1, 0.15) is 5.82 Å². The molecule has 0 saturated heterocycles. The molecule has 0 aromatic carbocycles. The van der Waals surface area contributed by atoms with E-state index in [0.717, 1.165) is 5.82 Å². The first-order chi connectivity index (χ1) is 9.02. The quantitative estimate of drug-likeness (QED) is 0.749. The van der Waals surface area contributed by atoms with Crippen LogP contribution >= 0.6 is 12.2 Å². The van der Waals surface area contributed by atoms with E-state index in [9.17, 15) is 4.79 Å². The monoisotopic (exact) mass is 278 g/mol. The molecule has 19 heavy (non-hydrogen) atoms. The van der Waals surface area contributed by atoms with E-state index in [1.165, 1.54) is 30.3 Å². The fourth-order valence-corrected chi connectivity index (χ4v) is 3.25. The highest BCUT2D eigenvalue weighted by Gasteiger charge is 2.24. The van der Waals surface area contributed by atoms with E-state index >= 15 is 0 Å². The first kappa shape index (κ1) is 12.6. The topological polar surface area (TPSA) is 44.8 Å². The summed E-state index contributed by atoms with van der Waals surface area (Å²) < 4.78 is 5.80. The normalized spacial score (nSPS) is 16.6. The minimum atomic E-state index is -0.0580. The van der Waals surface area contributed by atoms with Crippen LogP contribution in [0.15, 0.2) is 4.79 Å². The summed E-state index contributed by atoms with van der Waals surface area (Å²) in [6.07, 6.45) is 4.85. The van der Waals surface area contributed by atoms with Gasteiger partial charge in [-0.2, -0.15) is 0 Å². The van der Waals surface area contributed by atoms with Crippen molar-refractivity contribution >= 4 is 23.4 Å². The first-order valence-electron chi connectivity index (χ1n) is 6.64. The van der Waals surface area contributed by atoms with Crippen LogP contribution in [0.5, 0.6) is 0 Å². The van der Waals surface area contributed by atoms with E-state index in [0.29, 0.717) is 21.9 Å². The maximum Gasteiger partial charge on any atom is 0.280 e. The Kier molecular flexibility index (Phi) is 2.85. The Bertz CT molecular complexity index is 762. The Morgan fingerprint density at radius 1 is 1.11 bits per heavy atom. The molecule has 1 aliphatic rings. The molecule has 0 amide bonds. The zero-order valence-corrected chi connectivity index (χ0v) is 12.3. The van der Waals surface area contributed by atoms with Crippen molar-refractivity contribution in [2.75, 3.05) is 0 Å². The highest BCUT2D eigenvalue weighted by molar-refractivity contribution is 7.71. The fraction of sp³-hybridized carbons (Fsp3) is 0.615. The van der Waals surface area contributed by atoms with Gasteiger partial charge in [0.2, 0.25) is 0 Å². The molecule has 1 saturated carbocycles. The number of fused-ring (bicyclic) bond motifs is 1. The van der Waals surface area contributed by atoms with Crippen molar-refractivity contribution in [2.24, 2.45) is 21.1 Å². The summed E-state index contributed by atoms with van der Waals surface area (Å²) in [5.74, 6) is 1.51. The number of hydrogen-bond acceptors (Lipinski definition) is 3. The predicted molar refractivity (Wildman–Crippen MR) is 77.0 cm³/mol. The number of nitrogens with zero attached hydrogens (tertiary/aromatic N) is 4. The van der Waals surface area contributed by atoms with E-state index in [4.69, 9.17) is 17.2 Å². The van der Waals surface area contributed by atoms with Crippen LogP contribution < -0.4 is 5.56 Å². The molecule has 0 bridgehead atoms. The van der Waals surface area contributed by atoms with Crippen LogP contribution in [0.3, 0.4) is 0 Å². The second-order valence-electron chi connectivity index (χ2n) is 5.39. The largest absolute Gasteiger partial charge is 0.325 e. The molecule has 1 fully saturated rings. The van der Waals surface area contributed by atoms with Crippen LogP contribution in [0.4, 0.5) is 0 Å². The summed E-state index contributed by atoms with van der Waals surface area (Å²) in [4.78, 5) is 17.1. The molecule has 2 aromatic heterocycles. The second-order valence-corrected chi connectivity index (χ2v) is 5.75. The lowest BCUT2D eigenvalue weighted by Crippen LogP contribution is -2.23. The summed E-state index contributed by atoms with van der Waals surface area (Å²) in [7, 11) is 5.52. The molecule has 0 radical (unpaired) electrons. The molecule has 0 spiro atoms. The lowest BCUT2D eigenvalue weighted by atomic mass is 10.1. The van der Waals surface area contributed by atoms with Crippen LogP contribution in [0.25, 0.3) is 11.2 Å². The number of hydrogen-bond donors (Lipinski definition) is 0. The Labute approximate surface area is 116 Å². The third-order valence-electron chi connectivity index (χ3n) is 4.23. The minimum Gasteiger partial charge on any atom is -0.325 e. The van der Waals surface area contributed by atoms with E-state index in [-0.39, 0.29) is 5.56 Å². The van der Waals surface area contributed by atoms with E-state index in [1.54, 1.807) is 7.05 Å². The van der Waals surface area contributed by atoms with Gasteiger partial charge in [-0.15, -0.1) is 0 Å². The summed E-state index contributed by atoms with van der Waals surface area (Å²) in [5, 5.41) is 0. The van der Waals surface area contributed by atoms with Gasteiger partial charge < -0.3 is 9.13 Å². The van der Waals surface area contributed by atoms with Gasteiger partial charge in [0.05, 0.1) is 0 Å². The van der Waals surface area contributed by atoms with Crippen LogP contribution in [0.2, 0.25) is 0 Å². The molecule has 0 unspecified atom stereocenters. The maximum absolute atomic E-state index is 12.4. The molecule has 102 valence electrons. The van der Waals surface area contributed by atoms with Gasteiger partial charge in [-0.05, 0) is 25.1 Å². The smallest absolute Gasteiger partial charge is 0.280 e. The third-order valence-corrected chi connectivity index (χ3v) is 4.78. The van der Waals surface area contributed by atoms with Gasteiger partial charge in [-0.1, -0.05) is 12.8 Å². The number of rotatable bonds is 1. The molecule has 0 N–H and O–H groups in total. The second kappa shape index (κ2) is 4.30. The third kappa shape index (κ3) is 1.69. The van der Waals surface area contributed by atoms with Crippen molar-refractivity contribution in [3.05, 3.63) is 20.9 Å². The van der Waals surface area contributed by atoms with Gasteiger partial charge >= 0.3 is 0 Å². The fourth-order valence-electron chi connectivity index (χ4n) is 3.08. The number of aryl methyl sites for hydroxylation is 2. The highest BCUT2D eigenvalue weighted by atomic mass is 32.1. The van der Waals surface area contributed by atoms with Crippen molar-refractivity contribution < 1.29 is 0 Å². The van der Waals surface area contributed by atoms with Gasteiger partial charge in [0.25, 0.3) is 5.56 Å². The minimum absolute atomic E-state index is 0.0580. The first-order valence-corrected chi connectivity index (χ1v) is 7.05. The number of imidazole rings is 1. The zero-order chi connectivity index (χ0) is 13.7. The molecule has 1 aliphatic carbocycles. The van der Waals surface area contributed by atoms with Gasteiger partial charge in [0, 0.05) is 27.1 Å². The summed E-state index contributed by atoms with van der Waals surface area (Å²) in [6.45, 7) is 0. The molecule has 5 nitrogen and oxygen atoms in total. The molecular formula is C13H18N4OS. The van der Waals surface area contributed by atoms with Crippen LogP contribution in [0, 0.1) is 4.77 Å². The van der Waals surface area contributed by atoms with Crippen molar-refractivity contribution in [3.63, 3.8) is 0 Å². The van der Waals surface area contributed by atoms with Crippen LogP contribution in [-0.2, 0) is 21.1 Å². The Hall–Kier alpha value is -1.43. The molecule has 0 aliphatic heterocycles. The number of aromatic nitrogens is 4. The molecule has 2 heterocycles. The average Bonchev–Trinajstić information content (AvgIpc) is 3.01. The zero-order valence-electron chi connectivity index (χ0n) is 11.5. The maximum atomic E-state index is 12.4. The van der Waals surface area contributed by atoms with Gasteiger partial charge in [-0.25, -0.2) is 4.98 Å². The van der Waals surface area contributed by atoms with Crippen molar-refractivity contribution in [1.82, 2.24) is 18.7 Å². The average molecular weight is 278 g/mol. The highest BCUT2D eigenvalue weighted by Crippen LogP contribution is 2.34. The predicted octanol–water partition coefficient (Wildman–Crippen LogP) is 2.00. The van der Waals surface area contributed by atoms with Gasteiger partial charge in [0.15, 0.2) is 15.9 Å². The van der Waals surface area contributed by atoms with Crippen LogP contribution in [0.1, 0.15) is 37.4 Å². The van der Waals surface area contributed by atoms with E-state index in [2.05, 4.69) is 0 Å². The summed E-state index contributed by atoms with van der Waals surface area (Å²) >= 11 is 5.27. The van der Waals surface area contributed by atoms with E-state index < -0.39 is 0 Å². The summed E-state index contributed by atoms with van der Waals surface area (Å²) in [6, 6.07) is 0.